The number of hydrogen-bond acceptors (Lipinski definition) is 6. The monoisotopic (exact) mass is 326 g/mol. The van der Waals surface area contributed by atoms with E-state index >= 15 is 0 Å². The van der Waals surface area contributed by atoms with Gasteiger partial charge < -0.3 is 11.1 Å². The number of aromatic nitrogens is 1. The molecule has 8 heteroatoms. The van der Waals surface area contributed by atoms with Crippen LogP contribution in [-0.4, -0.2) is 20.4 Å². The molecular weight excluding hydrogens is 308 g/mol. The second kappa shape index (κ2) is 6.42. The van der Waals surface area contributed by atoms with Gasteiger partial charge in [-0.05, 0) is 31.7 Å². The van der Waals surface area contributed by atoms with E-state index in [1.54, 1.807) is 23.5 Å². The van der Waals surface area contributed by atoms with Crippen LogP contribution in [0.25, 0.3) is 0 Å². The molecule has 0 saturated carbocycles. The molecule has 0 amide bonds. The number of hydrogen-bond donors (Lipinski definition) is 3. The summed E-state index contributed by atoms with van der Waals surface area (Å²) < 4.78 is 26.3. The van der Waals surface area contributed by atoms with E-state index in [2.05, 4.69) is 21.9 Å². The standard InChI is InChI=1S/C13H18N4O2S2/c1-3-10-7-17-13(20-10)8-16-11-5-4-9(14)6-12(11)21(18,19)15-2/h4-7,15-16H,3,8,14H2,1-2H3. The topological polar surface area (TPSA) is 97.1 Å². The molecule has 21 heavy (non-hydrogen) atoms. The van der Waals surface area contributed by atoms with Crippen molar-refractivity contribution < 1.29 is 8.42 Å². The second-order valence-corrected chi connectivity index (χ2v) is 7.45. The minimum atomic E-state index is -3.56. The Bertz CT molecular complexity index is 726. The third kappa shape index (κ3) is 3.72. The van der Waals surface area contributed by atoms with Gasteiger partial charge in [-0.1, -0.05) is 6.92 Å². The van der Waals surface area contributed by atoms with E-state index in [1.165, 1.54) is 18.0 Å². The Morgan fingerprint density at radius 2 is 2.14 bits per heavy atom. The number of nitrogens with two attached hydrogens (primary N) is 1. The molecule has 0 aliphatic heterocycles. The summed E-state index contributed by atoms with van der Waals surface area (Å²) in [5, 5.41) is 4.02. The van der Waals surface area contributed by atoms with Crippen LogP contribution in [0.1, 0.15) is 16.8 Å². The van der Waals surface area contributed by atoms with Crippen LogP contribution in [0, 0.1) is 0 Å². The van der Waals surface area contributed by atoms with E-state index in [1.807, 2.05) is 6.20 Å². The summed E-state index contributed by atoms with van der Waals surface area (Å²) in [5.74, 6) is 0. The van der Waals surface area contributed by atoms with Crippen LogP contribution < -0.4 is 15.8 Å². The highest BCUT2D eigenvalue weighted by molar-refractivity contribution is 7.89. The molecule has 0 unspecified atom stereocenters. The minimum Gasteiger partial charge on any atom is -0.399 e. The Balaban J connectivity index is 2.23. The van der Waals surface area contributed by atoms with Gasteiger partial charge in [-0.3, -0.25) is 0 Å². The van der Waals surface area contributed by atoms with Gasteiger partial charge in [-0.25, -0.2) is 18.1 Å². The Morgan fingerprint density at radius 3 is 2.76 bits per heavy atom. The van der Waals surface area contributed by atoms with Gasteiger partial charge in [0.1, 0.15) is 9.90 Å². The molecule has 0 aliphatic rings. The summed E-state index contributed by atoms with van der Waals surface area (Å²) in [6, 6.07) is 4.76. The average Bonchev–Trinajstić information content (AvgIpc) is 2.94. The molecule has 0 saturated heterocycles. The lowest BCUT2D eigenvalue weighted by atomic mass is 10.3. The summed E-state index contributed by atoms with van der Waals surface area (Å²) in [4.78, 5) is 5.64. The Kier molecular flexibility index (Phi) is 4.81. The highest BCUT2D eigenvalue weighted by Gasteiger charge is 2.17. The molecule has 0 bridgehead atoms. The van der Waals surface area contributed by atoms with E-state index < -0.39 is 10.0 Å². The van der Waals surface area contributed by atoms with Crippen molar-refractivity contribution in [2.75, 3.05) is 18.1 Å². The van der Waals surface area contributed by atoms with Crippen molar-refractivity contribution in [3.63, 3.8) is 0 Å². The van der Waals surface area contributed by atoms with Crippen LogP contribution in [0.15, 0.2) is 29.3 Å². The number of nitrogens with one attached hydrogen (secondary N) is 2. The fraction of sp³-hybridized carbons (Fsp3) is 0.308. The maximum Gasteiger partial charge on any atom is 0.242 e. The van der Waals surface area contributed by atoms with E-state index in [4.69, 9.17) is 5.73 Å². The van der Waals surface area contributed by atoms with Crippen LogP contribution in [0.5, 0.6) is 0 Å². The molecule has 0 aliphatic carbocycles. The molecule has 1 aromatic carbocycles. The van der Waals surface area contributed by atoms with Crippen LogP contribution in [0.2, 0.25) is 0 Å². The van der Waals surface area contributed by atoms with E-state index in [-0.39, 0.29) is 4.90 Å². The molecule has 2 aromatic rings. The molecule has 2 rings (SSSR count). The molecule has 1 aromatic heterocycles. The number of sulfonamides is 1. The van der Waals surface area contributed by atoms with Gasteiger partial charge in [0.05, 0.1) is 12.2 Å². The number of thiazole rings is 1. The van der Waals surface area contributed by atoms with Crippen molar-refractivity contribution in [3.8, 4) is 0 Å². The van der Waals surface area contributed by atoms with Crippen molar-refractivity contribution in [3.05, 3.63) is 34.3 Å². The zero-order chi connectivity index (χ0) is 15.5. The second-order valence-electron chi connectivity index (χ2n) is 4.39. The third-order valence-corrected chi connectivity index (χ3v) is 5.54. The number of rotatable bonds is 6. The SMILES string of the molecule is CCc1cnc(CNc2ccc(N)cc2S(=O)(=O)NC)s1. The lowest BCUT2D eigenvalue weighted by Crippen LogP contribution is -2.20. The summed E-state index contributed by atoms with van der Waals surface area (Å²) in [7, 11) is -2.19. The van der Waals surface area contributed by atoms with Crippen LogP contribution >= 0.6 is 11.3 Å². The van der Waals surface area contributed by atoms with E-state index in [0.29, 0.717) is 17.9 Å². The van der Waals surface area contributed by atoms with Gasteiger partial charge in [0, 0.05) is 16.8 Å². The highest BCUT2D eigenvalue weighted by atomic mass is 32.2. The first kappa shape index (κ1) is 15.7. The molecule has 114 valence electrons. The smallest absolute Gasteiger partial charge is 0.242 e. The predicted octanol–water partition coefficient (Wildman–Crippen LogP) is 1.81. The third-order valence-electron chi connectivity index (χ3n) is 2.94. The van der Waals surface area contributed by atoms with Crippen molar-refractivity contribution in [1.29, 1.82) is 0 Å². The normalized spacial score (nSPS) is 11.5. The molecule has 0 fully saturated rings. The molecule has 6 nitrogen and oxygen atoms in total. The van der Waals surface area contributed by atoms with Crippen LogP contribution in [0.4, 0.5) is 11.4 Å². The first-order valence-electron chi connectivity index (χ1n) is 6.46. The largest absolute Gasteiger partial charge is 0.399 e. The van der Waals surface area contributed by atoms with Crippen molar-refractivity contribution >= 4 is 32.7 Å². The number of aryl methyl sites for hydroxylation is 1. The van der Waals surface area contributed by atoms with Gasteiger partial charge in [-0.2, -0.15) is 0 Å². The lowest BCUT2D eigenvalue weighted by Gasteiger charge is -2.12. The first-order valence-corrected chi connectivity index (χ1v) is 8.76. The summed E-state index contributed by atoms with van der Waals surface area (Å²) in [6.07, 6.45) is 2.79. The van der Waals surface area contributed by atoms with Gasteiger partial charge >= 0.3 is 0 Å². The zero-order valence-corrected chi connectivity index (χ0v) is 13.5. The average molecular weight is 326 g/mol. The van der Waals surface area contributed by atoms with Gasteiger partial charge in [0.25, 0.3) is 0 Å². The summed E-state index contributed by atoms with van der Waals surface area (Å²) >= 11 is 1.61. The number of nitrogens with zero attached hydrogens (tertiary/aromatic N) is 1. The Hall–Kier alpha value is -1.64. The maximum atomic E-state index is 12.0. The molecule has 0 atom stereocenters. The predicted molar refractivity (Wildman–Crippen MR) is 85.9 cm³/mol. The van der Waals surface area contributed by atoms with Crippen molar-refractivity contribution in [2.45, 2.75) is 24.8 Å². The number of anilines is 2. The van der Waals surface area contributed by atoms with Crippen molar-refractivity contribution in [1.82, 2.24) is 9.71 Å². The van der Waals surface area contributed by atoms with E-state index in [9.17, 15) is 8.42 Å². The maximum absolute atomic E-state index is 12.0. The van der Waals surface area contributed by atoms with Gasteiger partial charge in [-0.15, -0.1) is 11.3 Å². The fourth-order valence-corrected chi connectivity index (χ4v) is 3.52. The molecule has 4 N–H and O–H groups in total. The quantitative estimate of drug-likeness (QED) is 0.703. The van der Waals surface area contributed by atoms with E-state index in [0.717, 1.165) is 11.4 Å². The Labute approximate surface area is 128 Å². The van der Waals surface area contributed by atoms with Gasteiger partial charge in [0.2, 0.25) is 10.0 Å². The molecule has 1 heterocycles. The molecule has 0 radical (unpaired) electrons. The minimum absolute atomic E-state index is 0.136. The zero-order valence-electron chi connectivity index (χ0n) is 11.9. The van der Waals surface area contributed by atoms with Gasteiger partial charge in [0.15, 0.2) is 0 Å². The number of benzene rings is 1. The molecular formula is C13H18N4O2S2. The van der Waals surface area contributed by atoms with Crippen LogP contribution in [-0.2, 0) is 23.0 Å². The lowest BCUT2D eigenvalue weighted by molar-refractivity contribution is 0.588. The fourth-order valence-electron chi connectivity index (χ4n) is 1.78. The van der Waals surface area contributed by atoms with Crippen LogP contribution in [0.3, 0.4) is 0 Å². The summed E-state index contributed by atoms with van der Waals surface area (Å²) in [5.41, 5.74) is 6.58. The summed E-state index contributed by atoms with van der Waals surface area (Å²) in [6.45, 7) is 2.54. The number of nitrogen functional groups attached to an aromatic ring is 1. The molecule has 0 spiro atoms. The van der Waals surface area contributed by atoms with Crippen molar-refractivity contribution in [2.24, 2.45) is 0 Å². The Morgan fingerprint density at radius 1 is 1.38 bits per heavy atom. The highest BCUT2D eigenvalue weighted by Crippen LogP contribution is 2.25. The first-order chi connectivity index (χ1) is 9.96.